The normalized spacial score (nSPS) is 15.5. The Morgan fingerprint density at radius 3 is 2.64 bits per heavy atom. The number of carbonyl (C=O) groups excluding carboxylic acids is 2. The monoisotopic (exact) mass is 457 g/mol. The minimum atomic E-state index is -0.825. The van der Waals surface area contributed by atoms with Crippen LogP contribution in [-0.4, -0.2) is 50.7 Å². The second-order valence-electron chi connectivity index (χ2n) is 7.84. The fraction of sp³-hybridized carbons (Fsp3) is 0.391. The number of esters is 1. The highest BCUT2D eigenvalue weighted by molar-refractivity contribution is 5.97. The molecule has 1 unspecified atom stereocenters. The van der Waals surface area contributed by atoms with E-state index in [0.29, 0.717) is 28.8 Å². The van der Waals surface area contributed by atoms with Crippen molar-refractivity contribution in [2.45, 2.75) is 19.8 Å². The van der Waals surface area contributed by atoms with Crippen molar-refractivity contribution in [1.29, 1.82) is 0 Å². The third kappa shape index (κ3) is 5.91. The van der Waals surface area contributed by atoms with Gasteiger partial charge in [0.25, 0.3) is 11.6 Å². The Hall–Kier alpha value is -3.82. The van der Waals surface area contributed by atoms with Gasteiger partial charge in [-0.25, -0.2) is 4.79 Å². The highest BCUT2D eigenvalue weighted by atomic mass is 16.6. The summed E-state index contributed by atoms with van der Waals surface area (Å²) in [6.45, 7) is 2.99. The van der Waals surface area contributed by atoms with Crippen LogP contribution in [0.25, 0.3) is 0 Å². The first-order valence-electron chi connectivity index (χ1n) is 10.5. The minimum absolute atomic E-state index is 0.00494. The van der Waals surface area contributed by atoms with E-state index in [2.05, 4.69) is 12.2 Å². The van der Waals surface area contributed by atoms with Crippen molar-refractivity contribution in [1.82, 2.24) is 0 Å². The number of nitrogens with zero attached hydrogens (tertiary/aromatic N) is 2. The summed E-state index contributed by atoms with van der Waals surface area (Å²) in [5.74, 6) is -0.0350. The van der Waals surface area contributed by atoms with Gasteiger partial charge in [0, 0.05) is 25.2 Å². The van der Waals surface area contributed by atoms with Gasteiger partial charge in [-0.05, 0) is 43.0 Å². The van der Waals surface area contributed by atoms with Gasteiger partial charge in [-0.2, -0.15) is 0 Å². The lowest BCUT2D eigenvalue weighted by Gasteiger charge is -2.32. The predicted octanol–water partition coefficient (Wildman–Crippen LogP) is 3.64. The Bertz CT molecular complexity index is 1040. The standard InChI is InChI=1S/C23H27N3O7/c1-15-5-4-10-25(13-15)19-9-6-16(11-20(19)26(29)30)23(28)33-14-22(27)24-18-8-7-17(31-2)12-21(18)32-3/h6-9,11-12,15H,4-5,10,13-14H2,1-3H3,(H,24,27). The fourth-order valence-electron chi connectivity index (χ4n) is 3.77. The van der Waals surface area contributed by atoms with E-state index in [-0.39, 0.29) is 11.3 Å². The molecule has 0 saturated carbocycles. The molecule has 0 aromatic heterocycles. The van der Waals surface area contributed by atoms with E-state index < -0.39 is 23.4 Å². The van der Waals surface area contributed by atoms with Gasteiger partial charge in [-0.1, -0.05) is 6.92 Å². The number of hydrogen-bond acceptors (Lipinski definition) is 8. The van der Waals surface area contributed by atoms with Gasteiger partial charge in [0.15, 0.2) is 6.61 Å². The molecule has 176 valence electrons. The maximum atomic E-state index is 12.4. The molecule has 1 N–H and O–H groups in total. The number of anilines is 2. The molecule has 2 aromatic carbocycles. The summed E-state index contributed by atoms with van der Waals surface area (Å²) >= 11 is 0. The first kappa shape index (κ1) is 23.8. The zero-order valence-electron chi connectivity index (χ0n) is 18.8. The maximum Gasteiger partial charge on any atom is 0.338 e. The molecule has 1 fully saturated rings. The van der Waals surface area contributed by atoms with Crippen molar-refractivity contribution in [2.75, 3.05) is 44.1 Å². The number of amides is 1. The smallest absolute Gasteiger partial charge is 0.338 e. The van der Waals surface area contributed by atoms with Gasteiger partial charge in [-0.3, -0.25) is 14.9 Å². The molecule has 0 aliphatic carbocycles. The third-order valence-corrected chi connectivity index (χ3v) is 5.42. The SMILES string of the molecule is COc1ccc(NC(=O)COC(=O)c2ccc(N3CCCC(C)C3)c([N+](=O)[O-])c2)c(OC)c1. The second-order valence-corrected chi connectivity index (χ2v) is 7.84. The molecule has 3 rings (SSSR count). The number of nitro groups is 1. The van der Waals surface area contributed by atoms with E-state index in [1.54, 1.807) is 24.3 Å². The molecule has 2 aromatic rings. The number of methoxy groups -OCH3 is 2. The lowest BCUT2D eigenvalue weighted by molar-refractivity contribution is -0.384. The van der Waals surface area contributed by atoms with Gasteiger partial charge in [0.05, 0.1) is 30.4 Å². The van der Waals surface area contributed by atoms with Crippen molar-refractivity contribution < 1.29 is 28.7 Å². The number of benzene rings is 2. The molecular formula is C23H27N3O7. The number of nitro benzene ring substituents is 1. The van der Waals surface area contributed by atoms with E-state index in [0.717, 1.165) is 25.9 Å². The summed E-state index contributed by atoms with van der Waals surface area (Å²) in [6, 6.07) is 9.09. The van der Waals surface area contributed by atoms with Crippen LogP contribution in [0.5, 0.6) is 11.5 Å². The van der Waals surface area contributed by atoms with Gasteiger partial charge in [0.2, 0.25) is 0 Å². The molecule has 1 aliphatic heterocycles. The van der Waals surface area contributed by atoms with Gasteiger partial charge >= 0.3 is 5.97 Å². The molecule has 0 radical (unpaired) electrons. The first-order valence-corrected chi connectivity index (χ1v) is 10.5. The van der Waals surface area contributed by atoms with Crippen LogP contribution >= 0.6 is 0 Å². The van der Waals surface area contributed by atoms with E-state index >= 15 is 0 Å². The van der Waals surface area contributed by atoms with Crippen LogP contribution in [0.2, 0.25) is 0 Å². The highest BCUT2D eigenvalue weighted by Gasteiger charge is 2.25. The lowest BCUT2D eigenvalue weighted by atomic mass is 9.99. The minimum Gasteiger partial charge on any atom is -0.497 e. The lowest BCUT2D eigenvalue weighted by Crippen LogP contribution is -2.34. The van der Waals surface area contributed by atoms with Gasteiger partial charge < -0.3 is 24.4 Å². The number of ether oxygens (including phenoxy) is 3. The molecule has 1 amide bonds. The maximum absolute atomic E-state index is 12.4. The van der Waals surface area contributed by atoms with Crippen molar-refractivity contribution in [3.8, 4) is 11.5 Å². The topological polar surface area (TPSA) is 120 Å². The zero-order valence-corrected chi connectivity index (χ0v) is 18.8. The fourth-order valence-corrected chi connectivity index (χ4v) is 3.77. The quantitative estimate of drug-likeness (QED) is 0.362. The number of rotatable bonds is 8. The summed E-state index contributed by atoms with van der Waals surface area (Å²) in [5.41, 5.74) is 0.707. The molecule has 10 heteroatoms. The molecule has 1 aliphatic rings. The average molecular weight is 457 g/mol. The van der Waals surface area contributed by atoms with Crippen LogP contribution < -0.4 is 19.7 Å². The van der Waals surface area contributed by atoms with E-state index in [9.17, 15) is 19.7 Å². The van der Waals surface area contributed by atoms with Crippen molar-refractivity contribution in [2.24, 2.45) is 5.92 Å². The third-order valence-electron chi connectivity index (χ3n) is 5.42. The van der Waals surface area contributed by atoms with Crippen LogP contribution in [0, 0.1) is 16.0 Å². The van der Waals surface area contributed by atoms with E-state index in [1.807, 2.05) is 4.90 Å². The second kappa shape index (κ2) is 10.7. The molecule has 33 heavy (non-hydrogen) atoms. The number of carbonyl (C=O) groups is 2. The predicted molar refractivity (Wildman–Crippen MR) is 122 cm³/mol. The number of hydrogen-bond donors (Lipinski definition) is 1. The summed E-state index contributed by atoms with van der Waals surface area (Å²) in [6.07, 6.45) is 2.04. The van der Waals surface area contributed by atoms with E-state index in [4.69, 9.17) is 14.2 Å². The van der Waals surface area contributed by atoms with Crippen LogP contribution in [0.1, 0.15) is 30.1 Å². The first-order chi connectivity index (χ1) is 15.8. The summed E-state index contributed by atoms with van der Waals surface area (Å²) < 4.78 is 15.4. The molecule has 1 saturated heterocycles. The Morgan fingerprint density at radius 1 is 1.18 bits per heavy atom. The molecule has 0 spiro atoms. The van der Waals surface area contributed by atoms with Crippen molar-refractivity contribution in [3.63, 3.8) is 0 Å². The Balaban J connectivity index is 1.66. The highest BCUT2D eigenvalue weighted by Crippen LogP contribution is 2.33. The number of nitrogens with one attached hydrogen (secondary N) is 1. The molecule has 10 nitrogen and oxygen atoms in total. The zero-order chi connectivity index (χ0) is 24.0. The molecule has 1 atom stereocenters. The van der Waals surface area contributed by atoms with Gasteiger partial charge in [-0.15, -0.1) is 0 Å². The number of piperidine rings is 1. The Kier molecular flexibility index (Phi) is 7.70. The van der Waals surface area contributed by atoms with Crippen LogP contribution in [0.15, 0.2) is 36.4 Å². The van der Waals surface area contributed by atoms with Gasteiger partial charge in [0.1, 0.15) is 17.2 Å². The van der Waals surface area contributed by atoms with Crippen LogP contribution in [0.4, 0.5) is 17.1 Å². The van der Waals surface area contributed by atoms with Crippen molar-refractivity contribution in [3.05, 3.63) is 52.1 Å². The Morgan fingerprint density at radius 2 is 1.97 bits per heavy atom. The van der Waals surface area contributed by atoms with E-state index in [1.165, 1.54) is 26.4 Å². The summed E-state index contributed by atoms with van der Waals surface area (Å²) in [7, 11) is 2.96. The summed E-state index contributed by atoms with van der Waals surface area (Å²) in [4.78, 5) is 37.8. The van der Waals surface area contributed by atoms with Crippen LogP contribution in [-0.2, 0) is 9.53 Å². The molecule has 0 bridgehead atoms. The Labute approximate surface area is 191 Å². The van der Waals surface area contributed by atoms with Crippen molar-refractivity contribution >= 4 is 28.9 Å². The molecule has 1 heterocycles. The average Bonchev–Trinajstić information content (AvgIpc) is 2.82. The molecular weight excluding hydrogens is 430 g/mol. The largest absolute Gasteiger partial charge is 0.497 e. The van der Waals surface area contributed by atoms with Crippen LogP contribution in [0.3, 0.4) is 0 Å². The summed E-state index contributed by atoms with van der Waals surface area (Å²) in [5, 5.41) is 14.2.